The van der Waals surface area contributed by atoms with E-state index in [1.54, 1.807) is 26.4 Å². The molecule has 1 aromatic carbocycles. The van der Waals surface area contributed by atoms with Crippen LogP contribution in [0.3, 0.4) is 0 Å². The highest BCUT2D eigenvalue weighted by atomic mass is 16.6. The minimum Gasteiger partial charge on any atom is -0.493 e. The molecule has 6 nitrogen and oxygen atoms in total. The number of methoxy groups -OCH3 is 2. The van der Waals surface area contributed by atoms with Crippen molar-refractivity contribution in [1.82, 2.24) is 5.32 Å². The third-order valence-electron chi connectivity index (χ3n) is 3.10. The second-order valence-electron chi connectivity index (χ2n) is 4.44. The van der Waals surface area contributed by atoms with Gasteiger partial charge < -0.3 is 19.6 Å². The number of carbonyl (C=O) groups excluding carboxylic acids is 1. The molecule has 1 aromatic rings. The minimum absolute atomic E-state index is 0.200. The van der Waals surface area contributed by atoms with E-state index in [2.05, 4.69) is 17.1 Å². The van der Waals surface area contributed by atoms with Gasteiger partial charge in [0, 0.05) is 18.5 Å². The van der Waals surface area contributed by atoms with Crippen molar-refractivity contribution in [3.63, 3.8) is 0 Å². The first-order valence-electron chi connectivity index (χ1n) is 6.53. The summed E-state index contributed by atoms with van der Waals surface area (Å²) in [7, 11) is 3.15. The molecule has 1 heterocycles. The molecular formula is C15H18N2O4. The van der Waals surface area contributed by atoms with Crippen LogP contribution in [0.15, 0.2) is 36.0 Å². The third-order valence-corrected chi connectivity index (χ3v) is 3.10. The van der Waals surface area contributed by atoms with Crippen LogP contribution in [-0.4, -0.2) is 38.5 Å². The summed E-state index contributed by atoms with van der Waals surface area (Å²) in [4.78, 5) is 17.0. The van der Waals surface area contributed by atoms with Gasteiger partial charge in [0.15, 0.2) is 11.5 Å². The van der Waals surface area contributed by atoms with E-state index in [1.807, 2.05) is 12.1 Å². The molecular weight excluding hydrogens is 272 g/mol. The van der Waals surface area contributed by atoms with Crippen LogP contribution < -0.4 is 14.8 Å². The number of amides is 1. The molecule has 0 aliphatic carbocycles. The second-order valence-corrected chi connectivity index (χ2v) is 4.44. The molecule has 1 aliphatic rings. The fraction of sp³-hybridized carbons (Fsp3) is 0.333. The van der Waals surface area contributed by atoms with Gasteiger partial charge >= 0.3 is 0 Å². The Morgan fingerprint density at radius 1 is 1.48 bits per heavy atom. The van der Waals surface area contributed by atoms with Crippen LogP contribution >= 0.6 is 0 Å². The summed E-state index contributed by atoms with van der Waals surface area (Å²) in [6.45, 7) is 3.95. The molecule has 1 atom stereocenters. The lowest BCUT2D eigenvalue weighted by molar-refractivity contribution is -0.130. The van der Waals surface area contributed by atoms with Crippen molar-refractivity contribution in [2.45, 2.75) is 12.5 Å². The van der Waals surface area contributed by atoms with Crippen molar-refractivity contribution >= 4 is 11.6 Å². The van der Waals surface area contributed by atoms with Crippen LogP contribution in [0.4, 0.5) is 0 Å². The summed E-state index contributed by atoms with van der Waals surface area (Å²) >= 11 is 0. The first-order valence-corrected chi connectivity index (χ1v) is 6.53. The molecule has 2 rings (SSSR count). The van der Waals surface area contributed by atoms with Gasteiger partial charge in [0.25, 0.3) is 5.91 Å². The molecule has 0 aromatic heterocycles. The average Bonchev–Trinajstić information content (AvgIpc) is 3.01. The zero-order chi connectivity index (χ0) is 15.2. The van der Waals surface area contributed by atoms with Gasteiger partial charge in [-0.05, 0) is 18.2 Å². The number of ether oxygens (including phenoxy) is 2. The second kappa shape index (κ2) is 6.78. The summed E-state index contributed by atoms with van der Waals surface area (Å²) in [6, 6.07) is 5.46. The molecule has 0 unspecified atom stereocenters. The van der Waals surface area contributed by atoms with Gasteiger partial charge in [-0.1, -0.05) is 11.2 Å². The summed E-state index contributed by atoms with van der Waals surface area (Å²) in [5, 5.41) is 6.67. The quantitative estimate of drug-likeness (QED) is 0.806. The fourth-order valence-electron chi connectivity index (χ4n) is 1.99. The number of nitrogens with one attached hydrogen (secondary N) is 1. The predicted octanol–water partition coefficient (Wildman–Crippen LogP) is 1.50. The van der Waals surface area contributed by atoms with E-state index in [1.165, 1.54) is 0 Å². The van der Waals surface area contributed by atoms with E-state index >= 15 is 0 Å². The first-order chi connectivity index (χ1) is 10.2. The molecule has 0 radical (unpaired) electrons. The molecule has 6 heteroatoms. The van der Waals surface area contributed by atoms with E-state index in [0.29, 0.717) is 30.2 Å². The van der Waals surface area contributed by atoms with Gasteiger partial charge in [-0.15, -0.1) is 6.58 Å². The topological polar surface area (TPSA) is 69.2 Å². The highest BCUT2D eigenvalue weighted by Crippen LogP contribution is 2.29. The Balaban J connectivity index is 2.07. The van der Waals surface area contributed by atoms with Crippen molar-refractivity contribution in [2.75, 3.05) is 20.8 Å². The Hall–Kier alpha value is -2.50. The van der Waals surface area contributed by atoms with Crippen LogP contribution in [0, 0.1) is 0 Å². The number of oxime groups is 1. The van der Waals surface area contributed by atoms with Crippen molar-refractivity contribution in [3.8, 4) is 11.5 Å². The molecule has 0 saturated heterocycles. The maximum Gasteiger partial charge on any atom is 0.264 e. The maximum absolute atomic E-state index is 11.8. The summed E-state index contributed by atoms with van der Waals surface area (Å²) in [5.74, 6) is 1.05. The molecule has 21 heavy (non-hydrogen) atoms. The zero-order valence-electron chi connectivity index (χ0n) is 12.1. The van der Waals surface area contributed by atoms with Crippen molar-refractivity contribution < 1.29 is 19.1 Å². The Morgan fingerprint density at radius 3 is 2.90 bits per heavy atom. The number of benzene rings is 1. The monoisotopic (exact) mass is 290 g/mol. The first kappa shape index (κ1) is 14.9. The Morgan fingerprint density at radius 2 is 2.24 bits per heavy atom. The fourth-order valence-corrected chi connectivity index (χ4v) is 1.99. The van der Waals surface area contributed by atoms with Crippen LogP contribution in [-0.2, 0) is 9.63 Å². The van der Waals surface area contributed by atoms with Crippen LogP contribution in [0.25, 0.3) is 0 Å². The van der Waals surface area contributed by atoms with Crippen LogP contribution in [0.2, 0.25) is 0 Å². The van der Waals surface area contributed by atoms with Gasteiger partial charge in [0.05, 0.1) is 19.9 Å². The Labute approximate surface area is 123 Å². The van der Waals surface area contributed by atoms with Gasteiger partial charge in [-0.25, -0.2) is 0 Å². The van der Waals surface area contributed by atoms with E-state index in [-0.39, 0.29) is 5.91 Å². The lowest BCUT2D eigenvalue weighted by Gasteiger charge is -2.09. The van der Waals surface area contributed by atoms with Crippen LogP contribution in [0.1, 0.15) is 12.0 Å². The molecule has 1 aliphatic heterocycles. The summed E-state index contributed by atoms with van der Waals surface area (Å²) in [6.07, 6.45) is 1.43. The average molecular weight is 290 g/mol. The van der Waals surface area contributed by atoms with Gasteiger partial charge in [0.1, 0.15) is 0 Å². The summed E-state index contributed by atoms with van der Waals surface area (Å²) < 4.78 is 10.4. The molecule has 0 spiro atoms. The largest absolute Gasteiger partial charge is 0.493 e. The normalized spacial score (nSPS) is 16.7. The van der Waals surface area contributed by atoms with Gasteiger partial charge in [-0.3, -0.25) is 4.79 Å². The molecule has 0 bridgehead atoms. The molecule has 1 amide bonds. The lowest BCUT2D eigenvalue weighted by atomic mass is 10.0. The lowest BCUT2D eigenvalue weighted by Crippen LogP contribution is -2.34. The maximum atomic E-state index is 11.8. The SMILES string of the molecule is C=CCNC(=O)[C@H]1CC(c2ccc(OC)c(OC)c2)=NO1. The van der Waals surface area contributed by atoms with E-state index in [4.69, 9.17) is 14.3 Å². The predicted molar refractivity (Wildman–Crippen MR) is 78.8 cm³/mol. The Bertz CT molecular complexity index is 569. The molecule has 112 valence electrons. The molecule has 0 saturated carbocycles. The highest BCUT2D eigenvalue weighted by Gasteiger charge is 2.28. The number of carbonyl (C=O) groups is 1. The molecule has 1 N–H and O–H groups in total. The van der Waals surface area contributed by atoms with Crippen molar-refractivity contribution in [3.05, 3.63) is 36.4 Å². The zero-order valence-corrected chi connectivity index (χ0v) is 12.1. The number of rotatable bonds is 6. The van der Waals surface area contributed by atoms with Crippen LogP contribution in [0.5, 0.6) is 11.5 Å². The smallest absolute Gasteiger partial charge is 0.264 e. The van der Waals surface area contributed by atoms with E-state index < -0.39 is 6.10 Å². The molecule has 0 fully saturated rings. The van der Waals surface area contributed by atoms with Crippen molar-refractivity contribution in [1.29, 1.82) is 0 Å². The Kier molecular flexibility index (Phi) is 4.81. The van der Waals surface area contributed by atoms with Crippen molar-refractivity contribution in [2.24, 2.45) is 5.16 Å². The number of nitrogens with zero attached hydrogens (tertiary/aromatic N) is 1. The standard InChI is InChI=1S/C15H18N2O4/c1-4-7-16-15(18)14-9-11(17-21-14)10-5-6-12(19-2)13(8-10)20-3/h4-6,8,14H,1,7,9H2,2-3H3,(H,16,18)/t14-/m1/s1. The highest BCUT2D eigenvalue weighted by molar-refractivity contribution is 6.04. The number of hydrogen-bond acceptors (Lipinski definition) is 5. The number of hydrogen-bond donors (Lipinski definition) is 1. The van der Waals surface area contributed by atoms with E-state index in [0.717, 1.165) is 5.56 Å². The minimum atomic E-state index is -0.604. The van der Waals surface area contributed by atoms with Gasteiger partial charge in [0.2, 0.25) is 6.10 Å². The summed E-state index contributed by atoms with van der Waals surface area (Å²) in [5.41, 5.74) is 1.54. The third kappa shape index (κ3) is 3.34. The van der Waals surface area contributed by atoms with Gasteiger partial charge in [-0.2, -0.15) is 0 Å². The van der Waals surface area contributed by atoms with E-state index in [9.17, 15) is 4.79 Å².